The molecule has 1 unspecified atom stereocenters. The highest BCUT2D eigenvalue weighted by atomic mass is 16.5. The zero-order valence-corrected chi connectivity index (χ0v) is 15.5. The first kappa shape index (κ1) is 17.5. The molecule has 0 saturated carbocycles. The summed E-state index contributed by atoms with van der Waals surface area (Å²) < 4.78 is 10.9. The number of nitrogens with one attached hydrogen (secondary N) is 1. The summed E-state index contributed by atoms with van der Waals surface area (Å²) in [6, 6.07) is 13.0. The van der Waals surface area contributed by atoms with Crippen LogP contribution in [0.5, 0.6) is 11.5 Å². The van der Waals surface area contributed by atoms with Crippen LogP contribution in [0.2, 0.25) is 0 Å². The van der Waals surface area contributed by atoms with Crippen molar-refractivity contribution in [3.8, 4) is 11.5 Å². The Hall–Kier alpha value is -2.86. The molecule has 0 spiro atoms. The second kappa shape index (κ2) is 7.04. The van der Waals surface area contributed by atoms with E-state index in [1.165, 1.54) is 9.80 Å². The number of quaternary nitrogens is 1. The van der Waals surface area contributed by atoms with Gasteiger partial charge in [0.25, 0.3) is 11.8 Å². The fourth-order valence-electron chi connectivity index (χ4n) is 4.17. The zero-order chi connectivity index (χ0) is 19.0. The molecular formula is C21H23N2O4+. The quantitative estimate of drug-likeness (QED) is 0.817. The van der Waals surface area contributed by atoms with Gasteiger partial charge in [0, 0.05) is 18.9 Å². The molecule has 1 N–H and O–H groups in total. The highest BCUT2D eigenvalue weighted by Crippen LogP contribution is 2.32. The minimum Gasteiger partial charge on any atom is -0.497 e. The number of hydrogen-bond donors (Lipinski definition) is 1. The van der Waals surface area contributed by atoms with Gasteiger partial charge in [0.1, 0.15) is 17.5 Å². The number of hydrogen-bond acceptors (Lipinski definition) is 4. The molecule has 1 fully saturated rings. The van der Waals surface area contributed by atoms with Crippen LogP contribution in [0.15, 0.2) is 42.5 Å². The number of fused-ring (bicyclic) bond motifs is 1. The molecule has 0 bridgehead atoms. The lowest BCUT2D eigenvalue weighted by molar-refractivity contribution is -0.925. The summed E-state index contributed by atoms with van der Waals surface area (Å²) in [5.74, 6) is 1.13. The van der Waals surface area contributed by atoms with Crippen molar-refractivity contribution in [2.24, 2.45) is 0 Å². The zero-order valence-electron chi connectivity index (χ0n) is 15.5. The molecule has 2 heterocycles. The Morgan fingerprint density at radius 2 is 1.74 bits per heavy atom. The molecule has 2 aliphatic heterocycles. The molecule has 140 valence electrons. The summed E-state index contributed by atoms with van der Waals surface area (Å²) >= 11 is 0. The van der Waals surface area contributed by atoms with Gasteiger partial charge in [-0.1, -0.05) is 12.1 Å². The van der Waals surface area contributed by atoms with Gasteiger partial charge in [0.05, 0.1) is 37.5 Å². The molecule has 6 nitrogen and oxygen atoms in total. The van der Waals surface area contributed by atoms with Crippen molar-refractivity contribution in [2.75, 3.05) is 27.4 Å². The average molecular weight is 367 g/mol. The van der Waals surface area contributed by atoms with Crippen LogP contribution in [0.3, 0.4) is 0 Å². The first-order valence-electron chi connectivity index (χ1n) is 9.15. The smallest absolute Gasteiger partial charge is 0.265 e. The van der Waals surface area contributed by atoms with Gasteiger partial charge in [0.2, 0.25) is 0 Å². The van der Waals surface area contributed by atoms with E-state index in [2.05, 4.69) is 0 Å². The summed E-state index contributed by atoms with van der Waals surface area (Å²) in [4.78, 5) is 28.0. The van der Waals surface area contributed by atoms with Gasteiger partial charge in [-0.25, -0.2) is 4.90 Å². The first-order chi connectivity index (χ1) is 13.1. The van der Waals surface area contributed by atoms with Crippen LogP contribution in [-0.4, -0.2) is 44.1 Å². The Labute approximate surface area is 158 Å². The van der Waals surface area contributed by atoms with Gasteiger partial charge in [-0.2, -0.15) is 0 Å². The van der Waals surface area contributed by atoms with Crippen LogP contribution in [0, 0.1) is 0 Å². The summed E-state index contributed by atoms with van der Waals surface area (Å²) in [7, 11) is 3.28. The fraction of sp³-hybridized carbons (Fsp3) is 0.333. The van der Waals surface area contributed by atoms with Crippen molar-refractivity contribution in [1.82, 2.24) is 4.90 Å². The molecule has 2 aromatic rings. The van der Waals surface area contributed by atoms with Crippen LogP contribution in [-0.2, 0) is 0 Å². The first-order valence-corrected chi connectivity index (χ1v) is 9.15. The molecule has 2 aliphatic rings. The molecule has 27 heavy (non-hydrogen) atoms. The number of benzene rings is 2. The second-order valence-corrected chi connectivity index (χ2v) is 6.95. The number of imide groups is 1. The van der Waals surface area contributed by atoms with Crippen LogP contribution in [0.25, 0.3) is 0 Å². The largest absolute Gasteiger partial charge is 0.497 e. The van der Waals surface area contributed by atoms with Crippen molar-refractivity contribution >= 4 is 11.8 Å². The van der Waals surface area contributed by atoms with Gasteiger partial charge in [-0.3, -0.25) is 9.59 Å². The second-order valence-electron chi connectivity index (χ2n) is 6.95. The number of carbonyl (C=O) groups is 2. The minimum atomic E-state index is -0.199. The summed E-state index contributed by atoms with van der Waals surface area (Å²) in [5.41, 5.74) is 2.08. The number of ether oxygens (including phenoxy) is 2. The maximum atomic E-state index is 12.7. The van der Waals surface area contributed by atoms with E-state index in [-0.39, 0.29) is 17.9 Å². The summed E-state index contributed by atoms with van der Waals surface area (Å²) in [6.07, 6.45) is 2.03. The molecular weight excluding hydrogens is 344 g/mol. The van der Waals surface area contributed by atoms with Crippen molar-refractivity contribution < 1.29 is 24.0 Å². The van der Waals surface area contributed by atoms with E-state index < -0.39 is 0 Å². The number of methoxy groups -OCH3 is 2. The van der Waals surface area contributed by atoms with E-state index in [0.29, 0.717) is 17.8 Å². The molecule has 0 aromatic heterocycles. The van der Waals surface area contributed by atoms with E-state index in [4.69, 9.17) is 9.47 Å². The minimum absolute atomic E-state index is 0.176. The van der Waals surface area contributed by atoms with E-state index >= 15 is 0 Å². The molecule has 6 heteroatoms. The van der Waals surface area contributed by atoms with Crippen LogP contribution < -0.4 is 14.4 Å². The SMILES string of the molecule is COc1ccc([C@@H]2CCC[NH+]2CN2C(=O)c3ccccc3C2=O)c(OC)c1. The maximum absolute atomic E-state index is 12.7. The number of amides is 2. The van der Waals surface area contributed by atoms with Crippen LogP contribution in [0.1, 0.15) is 45.2 Å². The molecule has 2 atom stereocenters. The summed E-state index contributed by atoms with van der Waals surface area (Å²) in [6.45, 7) is 1.28. The van der Waals surface area contributed by atoms with E-state index in [0.717, 1.165) is 36.4 Å². The predicted molar refractivity (Wildman–Crippen MR) is 99.2 cm³/mol. The lowest BCUT2D eigenvalue weighted by atomic mass is 10.0. The van der Waals surface area contributed by atoms with Gasteiger partial charge in [-0.05, 0) is 24.3 Å². The van der Waals surface area contributed by atoms with Crippen LogP contribution >= 0.6 is 0 Å². The van der Waals surface area contributed by atoms with E-state index in [9.17, 15) is 9.59 Å². The topological polar surface area (TPSA) is 60.3 Å². The monoisotopic (exact) mass is 367 g/mol. The third-order valence-electron chi connectivity index (χ3n) is 5.54. The van der Waals surface area contributed by atoms with Crippen molar-refractivity contribution in [3.05, 3.63) is 59.2 Å². The Bertz CT molecular complexity index is 861. The van der Waals surface area contributed by atoms with E-state index in [1.807, 2.05) is 18.2 Å². The normalized spacial score (nSPS) is 21.5. The van der Waals surface area contributed by atoms with E-state index in [1.54, 1.807) is 38.5 Å². The summed E-state index contributed by atoms with van der Waals surface area (Å²) in [5, 5.41) is 0. The lowest BCUT2D eigenvalue weighted by Crippen LogP contribution is -3.12. The Balaban J connectivity index is 1.59. The third-order valence-corrected chi connectivity index (χ3v) is 5.54. The fourth-order valence-corrected chi connectivity index (χ4v) is 4.17. The van der Waals surface area contributed by atoms with Crippen molar-refractivity contribution in [3.63, 3.8) is 0 Å². The van der Waals surface area contributed by atoms with Crippen molar-refractivity contribution in [2.45, 2.75) is 18.9 Å². The lowest BCUT2D eigenvalue weighted by Gasteiger charge is -2.26. The molecule has 2 amide bonds. The van der Waals surface area contributed by atoms with Gasteiger partial charge < -0.3 is 14.4 Å². The molecule has 2 aromatic carbocycles. The van der Waals surface area contributed by atoms with Gasteiger partial charge in [0.15, 0.2) is 6.67 Å². The number of likely N-dealkylation sites (tertiary alicyclic amines) is 1. The van der Waals surface area contributed by atoms with Gasteiger partial charge in [-0.15, -0.1) is 0 Å². The van der Waals surface area contributed by atoms with Gasteiger partial charge >= 0.3 is 0 Å². The standard InChI is InChI=1S/C21H22N2O4/c1-26-14-9-10-17(19(12-14)27-2)18-8-5-11-22(18)13-23-20(24)15-6-3-4-7-16(15)21(23)25/h3-4,6-7,9-10,12,18H,5,8,11,13H2,1-2H3/p+1/t18-/m0/s1. The van der Waals surface area contributed by atoms with Crippen molar-refractivity contribution in [1.29, 1.82) is 0 Å². The molecule has 1 saturated heterocycles. The average Bonchev–Trinajstić information content (AvgIpc) is 3.26. The molecule has 4 rings (SSSR count). The Kier molecular flexibility index (Phi) is 4.58. The Morgan fingerprint density at radius 3 is 2.37 bits per heavy atom. The maximum Gasteiger partial charge on any atom is 0.265 e. The predicted octanol–water partition coefficient (Wildman–Crippen LogP) is 1.68. The molecule has 0 aliphatic carbocycles. The highest BCUT2D eigenvalue weighted by Gasteiger charge is 2.41. The molecule has 0 radical (unpaired) electrons. The number of carbonyl (C=O) groups excluding carboxylic acids is 2. The Morgan fingerprint density at radius 1 is 1.04 bits per heavy atom. The highest BCUT2D eigenvalue weighted by molar-refractivity contribution is 6.21. The van der Waals surface area contributed by atoms with Crippen LogP contribution in [0.4, 0.5) is 0 Å². The third kappa shape index (κ3) is 2.96. The number of nitrogens with zero attached hydrogens (tertiary/aromatic N) is 1. The number of rotatable bonds is 5.